The normalized spacial score (nSPS) is 23.2. The number of esters is 1. The third kappa shape index (κ3) is 3.94. The lowest BCUT2D eigenvalue weighted by Gasteiger charge is -2.27. The molecule has 0 aliphatic heterocycles. The van der Waals surface area contributed by atoms with Crippen molar-refractivity contribution in [2.45, 2.75) is 45.2 Å². The number of nitrogens with two attached hydrogens (primary N) is 1. The number of thiophene rings is 1. The topological polar surface area (TPSA) is 64.3 Å². The summed E-state index contributed by atoms with van der Waals surface area (Å²) in [5.74, 6) is 0.0771. The van der Waals surface area contributed by atoms with Crippen LogP contribution >= 0.6 is 11.3 Å². The maximum atomic E-state index is 11.6. The Balaban J connectivity index is 1.72. The van der Waals surface area contributed by atoms with E-state index in [0.717, 1.165) is 37.9 Å². The van der Waals surface area contributed by atoms with Gasteiger partial charge in [-0.15, -0.1) is 11.3 Å². The van der Waals surface area contributed by atoms with Crippen molar-refractivity contribution in [2.75, 3.05) is 12.3 Å². The molecule has 0 amide bonds. The van der Waals surface area contributed by atoms with E-state index in [9.17, 15) is 4.79 Å². The summed E-state index contributed by atoms with van der Waals surface area (Å²) in [5, 5.41) is 5.55. The first-order valence-corrected chi connectivity index (χ1v) is 7.80. The number of ether oxygens (including phenoxy) is 1. The third-order valence-electron chi connectivity index (χ3n) is 3.68. The van der Waals surface area contributed by atoms with Crippen molar-refractivity contribution in [1.82, 2.24) is 5.32 Å². The van der Waals surface area contributed by atoms with Gasteiger partial charge in [-0.2, -0.15) is 0 Å². The SMILES string of the molecule is CCOC(=O)C1CCC(NCc2sccc2N)CC1. The summed E-state index contributed by atoms with van der Waals surface area (Å²) >= 11 is 1.69. The van der Waals surface area contributed by atoms with E-state index in [2.05, 4.69) is 5.32 Å². The molecule has 1 aliphatic carbocycles. The van der Waals surface area contributed by atoms with Gasteiger partial charge in [-0.05, 0) is 44.1 Å². The van der Waals surface area contributed by atoms with Crippen molar-refractivity contribution < 1.29 is 9.53 Å². The van der Waals surface area contributed by atoms with Gasteiger partial charge in [0.25, 0.3) is 0 Å². The standard InChI is InChI=1S/C14H22N2O2S/c1-2-18-14(17)10-3-5-11(6-4-10)16-9-13-12(15)7-8-19-13/h7-8,10-11,16H,2-6,9,15H2,1H3. The Morgan fingerprint density at radius 3 is 2.79 bits per heavy atom. The second-order valence-electron chi connectivity index (χ2n) is 4.98. The molecule has 0 unspecified atom stereocenters. The number of carbonyl (C=O) groups is 1. The van der Waals surface area contributed by atoms with Crippen LogP contribution in [0.2, 0.25) is 0 Å². The monoisotopic (exact) mass is 282 g/mol. The lowest BCUT2D eigenvalue weighted by molar-refractivity contribution is -0.149. The Morgan fingerprint density at radius 1 is 1.47 bits per heavy atom. The highest BCUT2D eigenvalue weighted by Gasteiger charge is 2.26. The highest BCUT2D eigenvalue weighted by molar-refractivity contribution is 7.10. The van der Waals surface area contributed by atoms with Crippen molar-refractivity contribution in [1.29, 1.82) is 0 Å². The number of hydrogen-bond donors (Lipinski definition) is 2. The quantitative estimate of drug-likeness (QED) is 0.815. The number of hydrogen-bond acceptors (Lipinski definition) is 5. The van der Waals surface area contributed by atoms with Crippen molar-refractivity contribution in [2.24, 2.45) is 5.92 Å². The number of nitrogen functional groups attached to an aromatic ring is 1. The maximum absolute atomic E-state index is 11.6. The first-order valence-electron chi connectivity index (χ1n) is 6.92. The summed E-state index contributed by atoms with van der Waals surface area (Å²) in [6.45, 7) is 3.17. The largest absolute Gasteiger partial charge is 0.466 e. The highest BCUT2D eigenvalue weighted by Crippen LogP contribution is 2.26. The lowest BCUT2D eigenvalue weighted by atomic mass is 9.86. The fraction of sp³-hybridized carbons (Fsp3) is 0.643. The molecule has 1 saturated carbocycles. The van der Waals surface area contributed by atoms with E-state index in [1.54, 1.807) is 11.3 Å². The van der Waals surface area contributed by atoms with E-state index in [-0.39, 0.29) is 11.9 Å². The van der Waals surface area contributed by atoms with Crippen molar-refractivity contribution in [3.8, 4) is 0 Å². The summed E-state index contributed by atoms with van der Waals surface area (Å²) in [7, 11) is 0. The molecule has 1 aromatic rings. The number of anilines is 1. The second kappa shape index (κ2) is 6.91. The van der Waals surface area contributed by atoms with Crippen LogP contribution in [0.3, 0.4) is 0 Å². The van der Waals surface area contributed by atoms with Gasteiger partial charge in [0.2, 0.25) is 0 Å². The molecule has 4 nitrogen and oxygen atoms in total. The average Bonchev–Trinajstić information content (AvgIpc) is 2.83. The minimum absolute atomic E-state index is 0.0246. The predicted octanol–water partition coefficient (Wildman–Crippen LogP) is 2.54. The van der Waals surface area contributed by atoms with Crippen LogP contribution in [0, 0.1) is 5.92 Å². The van der Waals surface area contributed by atoms with E-state index in [0.29, 0.717) is 12.6 Å². The molecular formula is C14H22N2O2S. The second-order valence-corrected chi connectivity index (χ2v) is 5.98. The van der Waals surface area contributed by atoms with E-state index in [4.69, 9.17) is 10.5 Å². The number of rotatable bonds is 5. The maximum Gasteiger partial charge on any atom is 0.308 e. The summed E-state index contributed by atoms with van der Waals surface area (Å²) < 4.78 is 5.08. The molecular weight excluding hydrogens is 260 g/mol. The molecule has 1 aromatic heterocycles. The molecule has 1 heterocycles. The summed E-state index contributed by atoms with van der Waals surface area (Å²) in [6, 6.07) is 2.44. The van der Waals surface area contributed by atoms with Crippen molar-refractivity contribution in [3.05, 3.63) is 16.3 Å². The van der Waals surface area contributed by atoms with Gasteiger partial charge in [0.15, 0.2) is 0 Å². The first kappa shape index (κ1) is 14.3. The van der Waals surface area contributed by atoms with Crippen LogP contribution in [-0.2, 0) is 16.1 Å². The molecule has 2 rings (SSSR count). The minimum Gasteiger partial charge on any atom is -0.466 e. The van der Waals surface area contributed by atoms with Crippen molar-refractivity contribution >= 4 is 23.0 Å². The van der Waals surface area contributed by atoms with Crippen molar-refractivity contribution in [3.63, 3.8) is 0 Å². The molecule has 1 aliphatic rings. The fourth-order valence-electron chi connectivity index (χ4n) is 2.52. The molecule has 0 aromatic carbocycles. The summed E-state index contributed by atoms with van der Waals surface area (Å²) in [4.78, 5) is 12.8. The van der Waals surface area contributed by atoms with Crippen LogP contribution in [0.15, 0.2) is 11.4 Å². The molecule has 106 valence electrons. The van der Waals surface area contributed by atoms with Gasteiger partial charge >= 0.3 is 5.97 Å². The molecule has 19 heavy (non-hydrogen) atoms. The molecule has 0 radical (unpaired) electrons. The average molecular weight is 282 g/mol. The van der Waals surface area contributed by atoms with Crippen LogP contribution < -0.4 is 11.1 Å². The van der Waals surface area contributed by atoms with Gasteiger partial charge in [0.05, 0.1) is 12.5 Å². The van der Waals surface area contributed by atoms with Gasteiger partial charge in [0, 0.05) is 23.2 Å². The van der Waals surface area contributed by atoms with E-state index in [1.807, 2.05) is 18.4 Å². The Morgan fingerprint density at radius 2 is 2.21 bits per heavy atom. The first-order chi connectivity index (χ1) is 9.20. The zero-order valence-electron chi connectivity index (χ0n) is 11.4. The predicted molar refractivity (Wildman–Crippen MR) is 78.0 cm³/mol. The van der Waals surface area contributed by atoms with Gasteiger partial charge in [0.1, 0.15) is 0 Å². The molecule has 3 N–H and O–H groups in total. The molecule has 0 atom stereocenters. The van der Waals surface area contributed by atoms with Gasteiger partial charge in [-0.25, -0.2) is 0 Å². The van der Waals surface area contributed by atoms with Crippen LogP contribution in [0.4, 0.5) is 5.69 Å². The molecule has 1 fully saturated rings. The smallest absolute Gasteiger partial charge is 0.308 e. The Labute approximate surface area is 118 Å². The highest BCUT2D eigenvalue weighted by atomic mass is 32.1. The van der Waals surface area contributed by atoms with Gasteiger partial charge in [-0.1, -0.05) is 0 Å². The fourth-order valence-corrected chi connectivity index (χ4v) is 3.27. The van der Waals surface area contributed by atoms with E-state index >= 15 is 0 Å². The lowest BCUT2D eigenvalue weighted by Crippen LogP contribution is -2.35. The Hall–Kier alpha value is -1.07. The number of carbonyl (C=O) groups excluding carboxylic acids is 1. The molecule has 0 bridgehead atoms. The molecule has 0 spiro atoms. The van der Waals surface area contributed by atoms with Crippen LogP contribution in [-0.4, -0.2) is 18.6 Å². The van der Waals surface area contributed by atoms with Crippen LogP contribution in [0.25, 0.3) is 0 Å². The van der Waals surface area contributed by atoms with Crippen LogP contribution in [0.5, 0.6) is 0 Å². The van der Waals surface area contributed by atoms with E-state index < -0.39 is 0 Å². The zero-order chi connectivity index (χ0) is 13.7. The van der Waals surface area contributed by atoms with Gasteiger partial charge < -0.3 is 15.8 Å². The number of nitrogens with one attached hydrogen (secondary N) is 1. The zero-order valence-corrected chi connectivity index (χ0v) is 12.2. The minimum atomic E-state index is -0.0246. The summed E-state index contributed by atoms with van der Waals surface area (Å²) in [6.07, 6.45) is 3.93. The molecule has 0 saturated heterocycles. The Kier molecular flexibility index (Phi) is 5.22. The molecule has 5 heteroatoms. The summed E-state index contributed by atoms with van der Waals surface area (Å²) in [5.41, 5.74) is 6.73. The third-order valence-corrected chi connectivity index (χ3v) is 4.62. The van der Waals surface area contributed by atoms with E-state index in [1.165, 1.54) is 4.88 Å². The van der Waals surface area contributed by atoms with Crippen LogP contribution in [0.1, 0.15) is 37.5 Å². The Bertz CT molecular complexity index is 411. The van der Waals surface area contributed by atoms with Gasteiger partial charge in [-0.3, -0.25) is 4.79 Å².